The van der Waals surface area contributed by atoms with Gasteiger partial charge >= 0.3 is 6.18 Å². The van der Waals surface area contributed by atoms with Crippen LogP contribution in [0.15, 0.2) is 60.7 Å². The number of hydrogen-bond acceptors (Lipinski definition) is 5. The molecule has 0 atom stereocenters. The van der Waals surface area contributed by atoms with Crippen LogP contribution in [0.1, 0.15) is 31.8 Å². The minimum atomic E-state index is -4.51. The lowest BCUT2D eigenvalue weighted by Crippen LogP contribution is -2.38. The molecule has 0 saturated carbocycles. The zero-order valence-corrected chi connectivity index (χ0v) is 20.7. The van der Waals surface area contributed by atoms with Crippen molar-refractivity contribution in [2.75, 3.05) is 23.2 Å². The maximum absolute atomic E-state index is 13.1. The van der Waals surface area contributed by atoms with Gasteiger partial charge in [0.15, 0.2) is 6.73 Å². The van der Waals surface area contributed by atoms with Crippen molar-refractivity contribution in [3.63, 3.8) is 0 Å². The first-order valence-electron chi connectivity index (χ1n) is 10.6. The number of sulfonamides is 1. The Morgan fingerprint density at radius 2 is 1.78 bits per heavy atom. The van der Waals surface area contributed by atoms with Gasteiger partial charge in [-0.05, 0) is 60.2 Å². The maximum Gasteiger partial charge on any atom is 0.416 e. The van der Waals surface area contributed by atoms with Gasteiger partial charge in [-0.2, -0.15) is 13.2 Å². The molecular formula is C24H19ClF3N3O5S. The van der Waals surface area contributed by atoms with Crippen molar-refractivity contribution < 1.29 is 35.9 Å². The number of halogens is 4. The normalized spacial score (nSPS) is 13.6. The summed E-state index contributed by atoms with van der Waals surface area (Å²) in [5, 5.41) is 2.77. The summed E-state index contributed by atoms with van der Waals surface area (Å²) in [5.41, 5.74) is 0.292. The predicted octanol–water partition coefficient (Wildman–Crippen LogP) is 4.66. The van der Waals surface area contributed by atoms with Crippen molar-refractivity contribution in [3.8, 4) is 5.75 Å². The van der Waals surface area contributed by atoms with Gasteiger partial charge in [0.2, 0.25) is 10.0 Å². The van der Waals surface area contributed by atoms with E-state index < -0.39 is 33.6 Å². The number of benzene rings is 3. The number of carbonyl (C=O) groups excluding carboxylic acids is 2. The smallest absolute Gasteiger partial charge is 0.416 e. The Bertz CT molecular complexity index is 1480. The fourth-order valence-corrected chi connectivity index (χ4v) is 4.16. The highest BCUT2D eigenvalue weighted by Crippen LogP contribution is 2.34. The van der Waals surface area contributed by atoms with Gasteiger partial charge in [-0.3, -0.25) is 14.5 Å². The zero-order chi connectivity index (χ0) is 27.0. The first-order valence-corrected chi connectivity index (χ1v) is 12.9. The zero-order valence-electron chi connectivity index (χ0n) is 19.1. The summed E-state index contributed by atoms with van der Waals surface area (Å²) in [6, 6.07) is 13.0. The second-order valence-electron chi connectivity index (χ2n) is 8.12. The van der Waals surface area contributed by atoms with Gasteiger partial charge in [0.1, 0.15) is 5.75 Å². The van der Waals surface area contributed by atoms with Crippen molar-refractivity contribution in [1.82, 2.24) is 4.72 Å². The Labute approximate surface area is 215 Å². The molecule has 4 rings (SSSR count). The predicted molar refractivity (Wildman–Crippen MR) is 131 cm³/mol. The van der Waals surface area contributed by atoms with Gasteiger partial charge in [0.05, 0.1) is 28.0 Å². The fourth-order valence-electron chi connectivity index (χ4n) is 3.53. The summed E-state index contributed by atoms with van der Waals surface area (Å²) >= 11 is 6.16. The number of rotatable bonds is 6. The van der Waals surface area contributed by atoms with Crippen LogP contribution in [0.5, 0.6) is 5.75 Å². The largest absolute Gasteiger partial charge is 0.472 e. The van der Waals surface area contributed by atoms with Crippen LogP contribution in [0, 0.1) is 0 Å². The molecule has 2 amide bonds. The number of nitrogens with one attached hydrogen (secondary N) is 2. The third kappa shape index (κ3) is 6.21. The highest BCUT2D eigenvalue weighted by atomic mass is 35.5. The molecule has 3 aromatic rings. The topological polar surface area (TPSA) is 105 Å². The number of nitrogens with zero attached hydrogens (tertiary/aromatic N) is 1. The lowest BCUT2D eigenvalue weighted by molar-refractivity contribution is -0.137. The van der Waals surface area contributed by atoms with E-state index in [0.29, 0.717) is 5.56 Å². The second kappa shape index (κ2) is 10.0. The van der Waals surface area contributed by atoms with E-state index in [9.17, 15) is 31.2 Å². The molecule has 0 radical (unpaired) electrons. The van der Waals surface area contributed by atoms with Crippen molar-refractivity contribution in [2.24, 2.45) is 0 Å². The van der Waals surface area contributed by atoms with Gasteiger partial charge in [0.25, 0.3) is 11.8 Å². The summed E-state index contributed by atoms with van der Waals surface area (Å²) in [6.07, 6.45) is -3.50. The lowest BCUT2D eigenvalue weighted by atomic mass is 10.1. The Morgan fingerprint density at radius 3 is 2.43 bits per heavy atom. The molecule has 1 aliphatic rings. The Balaban J connectivity index is 1.53. The number of alkyl halides is 3. The summed E-state index contributed by atoms with van der Waals surface area (Å²) in [5.74, 6) is -0.878. The molecule has 8 nitrogen and oxygen atoms in total. The standard InChI is InChI=1S/C24H19ClF3N3O5S/c1-37(34,35)29-12-14-2-8-20(25)18(10-14)22(32)30-16-5-9-21-19(11-16)23(33)31(13-36-21)17-6-3-15(4-7-17)24(26,27)28/h2-11,29H,12-13H2,1H3,(H,30,32). The Hall–Kier alpha value is -3.61. The molecule has 0 fully saturated rings. The number of hydrogen-bond donors (Lipinski definition) is 2. The van der Waals surface area contributed by atoms with Crippen LogP contribution >= 0.6 is 11.6 Å². The van der Waals surface area contributed by atoms with Crippen LogP contribution in [-0.2, 0) is 22.7 Å². The van der Waals surface area contributed by atoms with Crippen LogP contribution in [0.2, 0.25) is 5.02 Å². The summed E-state index contributed by atoms with van der Waals surface area (Å²) in [7, 11) is -3.44. The average molecular weight is 554 g/mol. The number of anilines is 2. The van der Waals surface area contributed by atoms with Crippen LogP contribution in [0.25, 0.3) is 0 Å². The number of fused-ring (bicyclic) bond motifs is 1. The van der Waals surface area contributed by atoms with Gasteiger partial charge in [-0.25, -0.2) is 13.1 Å². The molecule has 0 aliphatic carbocycles. The molecule has 0 bridgehead atoms. The second-order valence-corrected chi connectivity index (χ2v) is 10.4. The molecule has 2 N–H and O–H groups in total. The molecule has 37 heavy (non-hydrogen) atoms. The molecule has 3 aromatic carbocycles. The monoisotopic (exact) mass is 553 g/mol. The number of amides is 2. The van der Waals surface area contributed by atoms with Crippen LogP contribution in [0.3, 0.4) is 0 Å². The maximum atomic E-state index is 13.1. The van der Waals surface area contributed by atoms with E-state index in [-0.39, 0.29) is 46.5 Å². The molecule has 0 aromatic heterocycles. The highest BCUT2D eigenvalue weighted by Gasteiger charge is 2.32. The third-order valence-electron chi connectivity index (χ3n) is 5.38. The van der Waals surface area contributed by atoms with E-state index in [2.05, 4.69) is 10.0 Å². The SMILES string of the molecule is CS(=O)(=O)NCc1ccc(Cl)c(C(=O)Nc2ccc3c(c2)C(=O)N(c2ccc(C(F)(F)F)cc2)CO3)c1. The van der Waals surface area contributed by atoms with Gasteiger partial charge in [0, 0.05) is 17.9 Å². The third-order valence-corrected chi connectivity index (χ3v) is 6.38. The van der Waals surface area contributed by atoms with Crippen molar-refractivity contribution in [1.29, 1.82) is 0 Å². The molecule has 1 heterocycles. The van der Waals surface area contributed by atoms with E-state index in [0.717, 1.165) is 18.4 Å². The molecule has 0 saturated heterocycles. The molecule has 13 heteroatoms. The Morgan fingerprint density at radius 1 is 1.08 bits per heavy atom. The minimum Gasteiger partial charge on any atom is -0.472 e. The van der Waals surface area contributed by atoms with Gasteiger partial charge in [-0.15, -0.1) is 0 Å². The van der Waals surface area contributed by atoms with E-state index >= 15 is 0 Å². The molecule has 0 unspecified atom stereocenters. The van der Waals surface area contributed by atoms with E-state index in [1.807, 2.05) is 0 Å². The van der Waals surface area contributed by atoms with Crippen molar-refractivity contribution in [2.45, 2.75) is 12.7 Å². The minimum absolute atomic E-state index is 0.0409. The first-order chi connectivity index (χ1) is 17.3. The first kappa shape index (κ1) is 26.5. The fraction of sp³-hybridized carbons (Fsp3) is 0.167. The van der Waals surface area contributed by atoms with Crippen LogP contribution in [-0.4, -0.2) is 33.2 Å². The van der Waals surface area contributed by atoms with Crippen molar-refractivity contribution in [3.05, 3.63) is 87.9 Å². The molecule has 0 spiro atoms. The molecule has 1 aliphatic heterocycles. The quantitative estimate of drug-likeness (QED) is 0.462. The van der Waals surface area contributed by atoms with Crippen LogP contribution in [0.4, 0.5) is 24.5 Å². The van der Waals surface area contributed by atoms with E-state index in [1.54, 1.807) is 6.07 Å². The summed E-state index contributed by atoms with van der Waals surface area (Å²) < 4.78 is 69.2. The summed E-state index contributed by atoms with van der Waals surface area (Å²) in [6.45, 7) is -0.242. The molecular weight excluding hydrogens is 535 g/mol. The average Bonchev–Trinajstić information content (AvgIpc) is 2.83. The Kier molecular flexibility index (Phi) is 7.18. The highest BCUT2D eigenvalue weighted by molar-refractivity contribution is 7.88. The van der Waals surface area contributed by atoms with Crippen LogP contribution < -0.4 is 19.7 Å². The lowest BCUT2D eigenvalue weighted by Gasteiger charge is -2.29. The number of ether oxygens (including phenoxy) is 1. The molecule has 194 valence electrons. The van der Waals surface area contributed by atoms with E-state index in [4.69, 9.17) is 16.3 Å². The van der Waals surface area contributed by atoms with Crippen molar-refractivity contribution >= 4 is 44.8 Å². The van der Waals surface area contributed by atoms with Gasteiger partial charge < -0.3 is 10.1 Å². The number of carbonyl (C=O) groups is 2. The van der Waals surface area contributed by atoms with Gasteiger partial charge in [-0.1, -0.05) is 17.7 Å². The summed E-state index contributed by atoms with van der Waals surface area (Å²) in [4.78, 5) is 27.1. The van der Waals surface area contributed by atoms with E-state index in [1.165, 1.54) is 47.4 Å².